The first-order valence-electron chi connectivity index (χ1n) is 6.93. The number of thiophene rings is 1. The minimum Gasteiger partial charge on any atom is -0.378 e. The summed E-state index contributed by atoms with van der Waals surface area (Å²) in [5, 5.41) is 10.8. The number of morpholine rings is 1. The van der Waals surface area contributed by atoms with E-state index in [9.17, 15) is 14.9 Å². The number of carbonyl (C=O) groups excluding carboxylic acids is 1. The molecular formula is C14H14N4O4S. The monoisotopic (exact) mass is 334 g/mol. The quantitative estimate of drug-likeness (QED) is 0.672. The van der Waals surface area contributed by atoms with Gasteiger partial charge in [-0.1, -0.05) is 11.3 Å². The third-order valence-electron chi connectivity index (χ3n) is 3.51. The van der Waals surface area contributed by atoms with Crippen molar-refractivity contribution >= 4 is 28.1 Å². The van der Waals surface area contributed by atoms with Gasteiger partial charge in [-0.15, -0.1) is 0 Å². The summed E-state index contributed by atoms with van der Waals surface area (Å²) in [6.07, 6.45) is 1.64. The molecule has 3 heterocycles. The summed E-state index contributed by atoms with van der Waals surface area (Å²) in [6, 6.07) is 5.13. The zero-order valence-corrected chi connectivity index (χ0v) is 12.9. The van der Waals surface area contributed by atoms with Crippen LogP contribution in [0.2, 0.25) is 0 Å². The van der Waals surface area contributed by atoms with Crippen molar-refractivity contribution in [3.05, 3.63) is 40.1 Å². The Bertz CT molecular complexity index is 706. The number of nitrogens with zero attached hydrogens (tertiary/aromatic N) is 3. The molecule has 0 saturated carbocycles. The van der Waals surface area contributed by atoms with Crippen LogP contribution in [0.15, 0.2) is 24.4 Å². The van der Waals surface area contributed by atoms with Crippen molar-refractivity contribution in [2.45, 2.75) is 0 Å². The Morgan fingerprint density at radius 1 is 1.39 bits per heavy atom. The van der Waals surface area contributed by atoms with Crippen molar-refractivity contribution in [1.29, 1.82) is 0 Å². The second kappa shape index (κ2) is 6.31. The summed E-state index contributed by atoms with van der Waals surface area (Å²) in [4.78, 5) is 28.8. The third kappa shape index (κ3) is 3.15. The van der Waals surface area contributed by atoms with Crippen LogP contribution in [0.1, 0.15) is 10.4 Å². The Morgan fingerprint density at radius 2 is 2.13 bits per heavy atom. The fraction of sp³-hybridized carbons (Fsp3) is 0.286. The smallest absolute Gasteiger partial charge is 0.337 e. The SMILES string of the molecule is NC(=O)c1cc(-c2ccc(N3CCOCC3)nc2)sc1[N+](=O)[O-]. The number of hydrogen-bond donors (Lipinski definition) is 1. The zero-order chi connectivity index (χ0) is 16.4. The lowest BCUT2D eigenvalue weighted by Crippen LogP contribution is -2.36. The maximum atomic E-state index is 11.3. The van der Waals surface area contributed by atoms with Gasteiger partial charge in [0.2, 0.25) is 0 Å². The maximum Gasteiger partial charge on any atom is 0.337 e. The van der Waals surface area contributed by atoms with Crippen LogP contribution in [-0.4, -0.2) is 42.1 Å². The number of anilines is 1. The van der Waals surface area contributed by atoms with Crippen molar-refractivity contribution in [2.75, 3.05) is 31.2 Å². The summed E-state index contributed by atoms with van der Waals surface area (Å²) in [5.74, 6) is 0.0235. The highest BCUT2D eigenvalue weighted by molar-refractivity contribution is 7.19. The van der Waals surface area contributed by atoms with E-state index in [2.05, 4.69) is 9.88 Å². The van der Waals surface area contributed by atoms with Crippen molar-refractivity contribution in [3.8, 4) is 10.4 Å². The number of aromatic nitrogens is 1. The second-order valence-electron chi connectivity index (χ2n) is 4.96. The Hall–Kier alpha value is -2.52. The van der Waals surface area contributed by atoms with Crippen molar-refractivity contribution < 1.29 is 14.5 Å². The minimum atomic E-state index is -0.808. The summed E-state index contributed by atoms with van der Waals surface area (Å²) in [5.41, 5.74) is 5.83. The molecule has 0 aliphatic carbocycles. The molecule has 3 rings (SSSR count). The van der Waals surface area contributed by atoms with Gasteiger partial charge in [0, 0.05) is 29.7 Å². The van der Waals surface area contributed by atoms with Gasteiger partial charge in [-0.3, -0.25) is 14.9 Å². The Kier molecular flexibility index (Phi) is 4.22. The van der Waals surface area contributed by atoms with Crippen molar-refractivity contribution in [3.63, 3.8) is 0 Å². The number of hydrogen-bond acceptors (Lipinski definition) is 7. The highest BCUT2D eigenvalue weighted by Gasteiger charge is 2.24. The molecule has 1 aliphatic heterocycles. The van der Waals surface area contributed by atoms with E-state index in [0.29, 0.717) is 23.7 Å². The van der Waals surface area contributed by atoms with Crippen LogP contribution in [0.4, 0.5) is 10.8 Å². The normalized spacial score (nSPS) is 14.7. The van der Waals surface area contributed by atoms with Gasteiger partial charge in [-0.2, -0.15) is 0 Å². The van der Waals surface area contributed by atoms with Gasteiger partial charge in [0.1, 0.15) is 11.4 Å². The number of pyridine rings is 1. The van der Waals surface area contributed by atoms with Crippen LogP contribution >= 0.6 is 11.3 Å². The molecule has 2 aromatic rings. The van der Waals surface area contributed by atoms with Gasteiger partial charge in [-0.25, -0.2) is 4.98 Å². The van der Waals surface area contributed by atoms with Gasteiger partial charge in [0.15, 0.2) is 0 Å². The number of carbonyl (C=O) groups is 1. The number of primary amides is 1. The zero-order valence-electron chi connectivity index (χ0n) is 12.1. The number of nitrogens with two attached hydrogens (primary N) is 1. The van der Waals surface area contributed by atoms with E-state index in [-0.39, 0.29) is 10.6 Å². The molecule has 0 radical (unpaired) electrons. The first kappa shape index (κ1) is 15.4. The molecule has 2 N–H and O–H groups in total. The van der Waals surface area contributed by atoms with E-state index in [1.165, 1.54) is 6.07 Å². The molecule has 1 fully saturated rings. The van der Waals surface area contributed by atoms with E-state index < -0.39 is 10.8 Å². The molecule has 2 aromatic heterocycles. The molecule has 0 unspecified atom stereocenters. The number of rotatable bonds is 4. The lowest BCUT2D eigenvalue weighted by molar-refractivity contribution is -0.380. The molecule has 120 valence electrons. The topological polar surface area (TPSA) is 112 Å². The molecule has 0 aromatic carbocycles. The summed E-state index contributed by atoms with van der Waals surface area (Å²) >= 11 is 0.917. The van der Waals surface area contributed by atoms with Gasteiger partial charge >= 0.3 is 5.00 Å². The van der Waals surface area contributed by atoms with E-state index in [0.717, 1.165) is 30.2 Å². The fourth-order valence-corrected chi connectivity index (χ4v) is 3.31. The molecule has 0 atom stereocenters. The molecule has 8 nitrogen and oxygen atoms in total. The minimum absolute atomic E-state index is 0.0766. The summed E-state index contributed by atoms with van der Waals surface area (Å²) < 4.78 is 5.30. The Labute approximate surface area is 135 Å². The second-order valence-corrected chi connectivity index (χ2v) is 5.99. The standard InChI is InChI=1S/C14H14N4O4S/c15-13(19)10-7-11(23-14(10)18(20)21)9-1-2-12(16-8-9)17-3-5-22-6-4-17/h1-2,7-8H,3-6H2,(H2,15,19). The van der Waals surface area contributed by atoms with Gasteiger partial charge in [-0.05, 0) is 18.2 Å². The number of ether oxygens (including phenoxy) is 1. The van der Waals surface area contributed by atoms with Crippen molar-refractivity contribution in [1.82, 2.24) is 4.98 Å². The number of nitro groups is 1. The van der Waals surface area contributed by atoms with Gasteiger partial charge in [0.25, 0.3) is 5.91 Å². The van der Waals surface area contributed by atoms with Crippen LogP contribution in [0.3, 0.4) is 0 Å². The first-order chi connectivity index (χ1) is 11.1. The molecule has 1 aliphatic rings. The highest BCUT2D eigenvalue weighted by Crippen LogP contribution is 2.36. The first-order valence-corrected chi connectivity index (χ1v) is 7.75. The van der Waals surface area contributed by atoms with E-state index >= 15 is 0 Å². The molecule has 1 saturated heterocycles. The highest BCUT2D eigenvalue weighted by atomic mass is 32.1. The average Bonchev–Trinajstić information content (AvgIpc) is 3.02. The predicted molar refractivity (Wildman–Crippen MR) is 85.8 cm³/mol. The van der Waals surface area contributed by atoms with E-state index in [4.69, 9.17) is 10.5 Å². The molecule has 23 heavy (non-hydrogen) atoms. The van der Waals surface area contributed by atoms with Crippen LogP contribution in [0.25, 0.3) is 10.4 Å². The largest absolute Gasteiger partial charge is 0.378 e. The van der Waals surface area contributed by atoms with E-state index in [1.807, 2.05) is 12.1 Å². The van der Waals surface area contributed by atoms with Gasteiger partial charge in [0.05, 0.1) is 18.1 Å². The Morgan fingerprint density at radius 3 is 2.65 bits per heavy atom. The summed E-state index contributed by atoms with van der Waals surface area (Å²) in [6.45, 7) is 2.90. The lowest BCUT2D eigenvalue weighted by Gasteiger charge is -2.27. The van der Waals surface area contributed by atoms with Crippen molar-refractivity contribution in [2.24, 2.45) is 5.73 Å². The van der Waals surface area contributed by atoms with Gasteiger partial charge < -0.3 is 15.4 Å². The fourth-order valence-electron chi connectivity index (χ4n) is 2.35. The molecule has 0 spiro atoms. The maximum absolute atomic E-state index is 11.3. The molecule has 0 bridgehead atoms. The van der Waals surface area contributed by atoms with Crippen LogP contribution < -0.4 is 10.6 Å². The predicted octanol–water partition coefficient (Wildman–Crippen LogP) is 1.65. The summed E-state index contributed by atoms with van der Waals surface area (Å²) in [7, 11) is 0. The Balaban J connectivity index is 1.88. The average molecular weight is 334 g/mol. The van der Waals surface area contributed by atoms with Crippen LogP contribution in [0.5, 0.6) is 0 Å². The van der Waals surface area contributed by atoms with Crippen LogP contribution in [0, 0.1) is 10.1 Å². The lowest BCUT2D eigenvalue weighted by atomic mass is 10.2. The molecule has 1 amide bonds. The molecule has 9 heteroatoms. The van der Waals surface area contributed by atoms with Crippen LogP contribution in [-0.2, 0) is 4.74 Å². The number of amides is 1. The van der Waals surface area contributed by atoms with E-state index in [1.54, 1.807) is 6.20 Å². The third-order valence-corrected chi connectivity index (χ3v) is 4.65. The molecular weight excluding hydrogens is 320 g/mol.